The van der Waals surface area contributed by atoms with Crippen LogP contribution in [0.4, 0.5) is 0 Å². The Morgan fingerprint density at radius 2 is 1.76 bits per heavy atom. The summed E-state index contributed by atoms with van der Waals surface area (Å²) in [5, 5.41) is 0. The van der Waals surface area contributed by atoms with Gasteiger partial charge in [0.05, 0.1) is 6.04 Å². The SMILES string of the molecule is Cl.NC(C(=O)N1CCC(CCc2ccccc2)CC1)C1CCOCC1. The van der Waals surface area contributed by atoms with Gasteiger partial charge >= 0.3 is 0 Å². The largest absolute Gasteiger partial charge is 0.381 e. The number of piperidine rings is 1. The lowest BCUT2D eigenvalue weighted by molar-refractivity contribution is -0.136. The Labute approximate surface area is 157 Å². The minimum Gasteiger partial charge on any atom is -0.381 e. The Kier molecular flexibility index (Phi) is 8.20. The molecule has 2 fully saturated rings. The molecule has 0 saturated carbocycles. The second-order valence-electron chi connectivity index (χ2n) is 7.27. The maximum atomic E-state index is 12.6. The second kappa shape index (κ2) is 10.1. The van der Waals surface area contributed by atoms with Crippen molar-refractivity contribution in [2.24, 2.45) is 17.6 Å². The van der Waals surface area contributed by atoms with Crippen LogP contribution in [0, 0.1) is 11.8 Å². The van der Waals surface area contributed by atoms with Gasteiger partial charge in [-0.1, -0.05) is 30.3 Å². The van der Waals surface area contributed by atoms with Crippen LogP contribution in [0.2, 0.25) is 0 Å². The fourth-order valence-corrected chi connectivity index (χ4v) is 3.94. The van der Waals surface area contributed by atoms with E-state index in [0.717, 1.165) is 64.3 Å². The molecule has 1 aromatic rings. The Morgan fingerprint density at radius 1 is 1.12 bits per heavy atom. The van der Waals surface area contributed by atoms with Crippen molar-refractivity contribution in [2.45, 2.75) is 44.6 Å². The van der Waals surface area contributed by atoms with Crippen molar-refractivity contribution in [1.82, 2.24) is 4.90 Å². The van der Waals surface area contributed by atoms with Crippen LogP contribution in [0.15, 0.2) is 30.3 Å². The van der Waals surface area contributed by atoms with Gasteiger partial charge in [0.25, 0.3) is 0 Å². The average Bonchev–Trinajstić information content (AvgIpc) is 2.67. The zero-order chi connectivity index (χ0) is 16.8. The minimum atomic E-state index is -0.338. The van der Waals surface area contributed by atoms with Crippen molar-refractivity contribution < 1.29 is 9.53 Å². The number of halogens is 1. The molecule has 140 valence electrons. The molecule has 5 heteroatoms. The number of aryl methyl sites for hydroxylation is 1. The van der Waals surface area contributed by atoms with Gasteiger partial charge in [-0.3, -0.25) is 4.79 Å². The fraction of sp³-hybridized carbons (Fsp3) is 0.650. The molecule has 1 unspecified atom stereocenters. The van der Waals surface area contributed by atoms with Crippen LogP contribution in [0.25, 0.3) is 0 Å². The van der Waals surface area contributed by atoms with Gasteiger partial charge in [0.1, 0.15) is 0 Å². The zero-order valence-electron chi connectivity index (χ0n) is 14.9. The topological polar surface area (TPSA) is 55.6 Å². The molecule has 3 rings (SSSR count). The number of benzene rings is 1. The van der Waals surface area contributed by atoms with E-state index in [9.17, 15) is 4.79 Å². The maximum absolute atomic E-state index is 12.6. The van der Waals surface area contributed by atoms with Gasteiger partial charge in [-0.15, -0.1) is 12.4 Å². The van der Waals surface area contributed by atoms with Gasteiger partial charge in [0.2, 0.25) is 5.91 Å². The lowest BCUT2D eigenvalue weighted by Gasteiger charge is -2.36. The van der Waals surface area contributed by atoms with Crippen LogP contribution in [-0.4, -0.2) is 43.2 Å². The molecule has 1 aromatic carbocycles. The highest BCUT2D eigenvalue weighted by atomic mass is 35.5. The van der Waals surface area contributed by atoms with Crippen LogP contribution in [-0.2, 0) is 16.0 Å². The molecule has 1 atom stereocenters. The molecule has 0 spiro atoms. The number of amides is 1. The first-order valence-corrected chi connectivity index (χ1v) is 9.40. The molecule has 25 heavy (non-hydrogen) atoms. The van der Waals surface area contributed by atoms with E-state index in [4.69, 9.17) is 10.5 Å². The molecule has 0 bridgehead atoms. The van der Waals surface area contributed by atoms with Gasteiger partial charge in [0.15, 0.2) is 0 Å². The number of likely N-dealkylation sites (tertiary alicyclic amines) is 1. The first kappa shape index (κ1) is 20.2. The number of hydrogen-bond donors (Lipinski definition) is 1. The van der Waals surface area contributed by atoms with Gasteiger partial charge in [-0.05, 0) is 55.9 Å². The van der Waals surface area contributed by atoms with Crippen molar-refractivity contribution in [2.75, 3.05) is 26.3 Å². The van der Waals surface area contributed by atoms with E-state index in [2.05, 4.69) is 30.3 Å². The molecule has 0 aliphatic carbocycles. The summed E-state index contributed by atoms with van der Waals surface area (Å²) in [4.78, 5) is 14.6. The number of nitrogens with zero attached hydrogens (tertiary/aromatic N) is 1. The summed E-state index contributed by atoms with van der Waals surface area (Å²) < 4.78 is 5.37. The lowest BCUT2D eigenvalue weighted by atomic mass is 9.88. The summed E-state index contributed by atoms with van der Waals surface area (Å²) in [5.41, 5.74) is 7.66. The minimum absolute atomic E-state index is 0. The summed E-state index contributed by atoms with van der Waals surface area (Å²) in [6.45, 7) is 3.23. The summed E-state index contributed by atoms with van der Waals surface area (Å²) >= 11 is 0. The fourth-order valence-electron chi connectivity index (χ4n) is 3.94. The van der Waals surface area contributed by atoms with Gasteiger partial charge in [-0.25, -0.2) is 0 Å². The predicted molar refractivity (Wildman–Crippen MR) is 103 cm³/mol. The van der Waals surface area contributed by atoms with Crippen LogP contribution in [0.1, 0.15) is 37.7 Å². The molecule has 0 radical (unpaired) electrons. The summed E-state index contributed by atoms with van der Waals surface area (Å²) in [6, 6.07) is 10.3. The number of ether oxygens (including phenoxy) is 1. The molecule has 2 heterocycles. The van der Waals surface area contributed by atoms with E-state index >= 15 is 0 Å². The van der Waals surface area contributed by atoms with E-state index in [1.54, 1.807) is 0 Å². The third-order valence-corrected chi connectivity index (χ3v) is 5.67. The highest BCUT2D eigenvalue weighted by Crippen LogP contribution is 2.25. The first-order chi connectivity index (χ1) is 11.7. The van der Waals surface area contributed by atoms with Crippen molar-refractivity contribution in [1.29, 1.82) is 0 Å². The zero-order valence-corrected chi connectivity index (χ0v) is 15.8. The monoisotopic (exact) mass is 366 g/mol. The molecule has 2 aliphatic rings. The lowest BCUT2D eigenvalue weighted by Crippen LogP contribution is -2.51. The molecule has 0 aromatic heterocycles. The number of rotatable bonds is 5. The van der Waals surface area contributed by atoms with Gasteiger partial charge in [0, 0.05) is 26.3 Å². The molecule has 2 N–H and O–H groups in total. The smallest absolute Gasteiger partial charge is 0.239 e. The number of nitrogens with two attached hydrogens (primary N) is 1. The van der Waals surface area contributed by atoms with Crippen molar-refractivity contribution in [3.05, 3.63) is 35.9 Å². The van der Waals surface area contributed by atoms with Gasteiger partial charge < -0.3 is 15.4 Å². The average molecular weight is 367 g/mol. The highest BCUT2D eigenvalue weighted by Gasteiger charge is 2.31. The van der Waals surface area contributed by atoms with Crippen molar-refractivity contribution in [3.63, 3.8) is 0 Å². The van der Waals surface area contributed by atoms with Crippen LogP contribution >= 0.6 is 12.4 Å². The first-order valence-electron chi connectivity index (χ1n) is 9.40. The van der Waals surface area contributed by atoms with E-state index in [1.807, 2.05) is 4.90 Å². The number of carbonyl (C=O) groups is 1. The van der Waals surface area contributed by atoms with Crippen LogP contribution in [0.5, 0.6) is 0 Å². The van der Waals surface area contributed by atoms with E-state index in [0.29, 0.717) is 5.92 Å². The molecular formula is C20H31ClN2O2. The Bertz CT molecular complexity index is 512. The summed E-state index contributed by atoms with van der Waals surface area (Å²) in [6.07, 6.45) is 6.41. The third-order valence-electron chi connectivity index (χ3n) is 5.67. The van der Waals surface area contributed by atoms with E-state index < -0.39 is 0 Å². The predicted octanol–water partition coefficient (Wildman–Crippen LogP) is 3.03. The number of carbonyl (C=O) groups excluding carboxylic acids is 1. The van der Waals surface area contributed by atoms with Crippen LogP contribution in [0.3, 0.4) is 0 Å². The molecule has 2 saturated heterocycles. The Balaban J connectivity index is 0.00000225. The third kappa shape index (κ3) is 5.70. The van der Waals surface area contributed by atoms with Crippen molar-refractivity contribution >= 4 is 18.3 Å². The quantitative estimate of drug-likeness (QED) is 0.871. The molecule has 2 aliphatic heterocycles. The van der Waals surface area contributed by atoms with Crippen molar-refractivity contribution in [3.8, 4) is 0 Å². The Morgan fingerprint density at radius 3 is 2.40 bits per heavy atom. The standard InChI is InChI=1S/C20H30N2O2.ClH/c21-19(18-10-14-24-15-11-18)20(23)22-12-8-17(9-13-22)7-6-16-4-2-1-3-5-16;/h1-5,17-19H,6-15,21H2;1H. The maximum Gasteiger partial charge on any atom is 0.239 e. The molecule has 1 amide bonds. The highest BCUT2D eigenvalue weighted by molar-refractivity contribution is 5.85. The van der Waals surface area contributed by atoms with E-state index in [-0.39, 0.29) is 24.4 Å². The molecule has 4 nitrogen and oxygen atoms in total. The Hall–Kier alpha value is -1.10. The number of hydrogen-bond acceptors (Lipinski definition) is 3. The summed E-state index contributed by atoms with van der Waals surface area (Å²) in [7, 11) is 0. The summed E-state index contributed by atoms with van der Waals surface area (Å²) in [5.74, 6) is 1.18. The molecular weight excluding hydrogens is 336 g/mol. The second-order valence-corrected chi connectivity index (χ2v) is 7.27. The normalized spacial score (nSPS) is 20.8. The van der Waals surface area contributed by atoms with E-state index in [1.165, 1.54) is 12.0 Å². The van der Waals surface area contributed by atoms with Gasteiger partial charge in [-0.2, -0.15) is 0 Å². The van der Waals surface area contributed by atoms with Crippen LogP contribution < -0.4 is 5.73 Å².